The van der Waals surface area contributed by atoms with E-state index in [9.17, 15) is 4.79 Å². The third-order valence-corrected chi connectivity index (χ3v) is 4.39. The number of carbonyl (C=O) groups is 1. The van der Waals surface area contributed by atoms with Crippen LogP contribution in [-0.2, 0) is 9.53 Å². The molecule has 1 atom stereocenters. The molecule has 2 heterocycles. The number of amides is 1. The van der Waals surface area contributed by atoms with Crippen molar-refractivity contribution in [1.82, 2.24) is 10.2 Å². The van der Waals surface area contributed by atoms with Gasteiger partial charge in [0.1, 0.15) is 16.9 Å². The lowest BCUT2D eigenvalue weighted by Gasteiger charge is -2.07. The molecule has 23 heavy (non-hydrogen) atoms. The average molecular weight is 333 g/mol. The van der Waals surface area contributed by atoms with Crippen LogP contribution >= 0.6 is 11.3 Å². The summed E-state index contributed by atoms with van der Waals surface area (Å²) < 4.78 is 11.1. The molecule has 1 saturated heterocycles. The summed E-state index contributed by atoms with van der Waals surface area (Å²) >= 11 is 1.35. The second-order valence-corrected chi connectivity index (χ2v) is 6.62. The molecular weight excluding hydrogens is 314 g/mol. The number of ether oxygens (including phenoxy) is 2. The van der Waals surface area contributed by atoms with Crippen LogP contribution in [0.15, 0.2) is 18.2 Å². The number of aromatic nitrogens is 2. The first-order valence-corrected chi connectivity index (χ1v) is 8.38. The van der Waals surface area contributed by atoms with Crippen LogP contribution in [0.1, 0.15) is 35.1 Å². The summed E-state index contributed by atoms with van der Waals surface area (Å²) in [5.41, 5.74) is 2.21. The van der Waals surface area contributed by atoms with Crippen molar-refractivity contribution in [1.29, 1.82) is 0 Å². The van der Waals surface area contributed by atoms with Gasteiger partial charge in [0.05, 0.1) is 0 Å². The number of hydrogen-bond acceptors (Lipinski definition) is 6. The van der Waals surface area contributed by atoms with Crippen LogP contribution in [0.4, 0.5) is 5.13 Å². The molecular formula is C16H19N3O3S. The number of hydrogen-bond donors (Lipinski definition) is 1. The van der Waals surface area contributed by atoms with Gasteiger partial charge in [-0.25, -0.2) is 0 Å². The van der Waals surface area contributed by atoms with Crippen molar-refractivity contribution in [3.63, 3.8) is 0 Å². The van der Waals surface area contributed by atoms with Crippen LogP contribution in [-0.4, -0.2) is 29.3 Å². The number of rotatable bonds is 5. The van der Waals surface area contributed by atoms with Crippen molar-refractivity contribution >= 4 is 22.4 Å². The fraction of sp³-hybridized carbons (Fsp3) is 0.438. The Kier molecular flexibility index (Phi) is 4.88. The molecule has 122 valence electrons. The smallest absolute Gasteiger partial charge is 0.264 e. The minimum absolute atomic E-state index is 0.0182. The third-order valence-electron chi connectivity index (χ3n) is 3.46. The van der Waals surface area contributed by atoms with Crippen molar-refractivity contribution in [2.24, 2.45) is 0 Å². The Labute approximate surface area is 138 Å². The number of nitrogens with one attached hydrogen (secondary N) is 1. The van der Waals surface area contributed by atoms with Crippen molar-refractivity contribution in [3.8, 4) is 5.75 Å². The quantitative estimate of drug-likeness (QED) is 0.910. The Hall–Kier alpha value is -1.99. The molecule has 1 aliphatic rings. The predicted octanol–water partition coefficient (Wildman–Crippen LogP) is 3.02. The lowest BCUT2D eigenvalue weighted by molar-refractivity contribution is -0.118. The summed E-state index contributed by atoms with van der Waals surface area (Å²) in [6.45, 7) is 4.69. The lowest BCUT2D eigenvalue weighted by atomic mass is 10.1. The van der Waals surface area contributed by atoms with Crippen LogP contribution in [0.2, 0.25) is 0 Å². The molecule has 2 aromatic rings. The van der Waals surface area contributed by atoms with Crippen LogP contribution in [0.5, 0.6) is 5.75 Å². The van der Waals surface area contributed by atoms with Crippen LogP contribution < -0.4 is 10.1 Å². The molecule has 3 rings (SSSR count). The first-order chi connectivity index (χ1) is 11.1. The number of nitrogens with zero attached hydrogens (tertiary/aromatic N) is 2. The molecule has 1 fully saturated rings. The molecule has 1 aromatic carbocycles. The van der Waals surface area contributed by atoms with Gasteiger partial charge in [-0.1, -0.05) is 17.4 Å². The highest BCUT2D eigenvalue weighted by Crippen LogP contribution is 2.31. The molecule has 1 aromatic heterocycles. The monoisotopic (exact) mass is 333 g/mol. The number of aryl methyl sites for hydroxylation is 2. The predicted molar refractivity (Wildman–Crippen MR) is 87.9 cm³/mol. The van der Waals surface area contributed by atoms with Gasteiger partial charge >= 0.3 is 0 Å². The van der Waals surface area contributed by atoms with Gasteiger partial charge in [0.2, 0.25) is 5.13 Å². The van der Waals surface area contributed by atoms with E-state index in [1.165, 1.54) is 11.3 Å². The molecule has 0 aliphatic carbocycles. The van der Waals surface area contributed by atoms with Crippen LogP contribution in [0, 0.1) is 13.8 Å². The van der Waals surface area contributed by atoms with Crippen molar-refractivity contribution < 1.29 is 14.3 Å². The van der Waals surface area contributed by atoms with Crippen molar-refractivity contribution in [2.75, 3.05) is 18.5 Å². The maximum atomic E-state index is 12.0. The van der Waals surface area contributed by atoms with Gasteiger partial charge in [0, 0.05) is 6.61 Å². The summed E-state index contributed by atoms with van der Waals surface area (Å²) in [5.74, 6) is 0.439. The third kappa shape index (κ3) is 4.27. The van der Waals surface area contributed by atoms with Crippen molar-refractivity contribution in [3.05, 3.63) is 34.3 Å². The van der Waals surface area contributed by atoms with E-state index >= 15 is 0 Å². The Morgan fingerprint density at radius 2 is 2.13 bits per heavy atom. The summed E-state index contributed by atoms with van der Waals surface area (Å²) in [7, 11) is 0. The van der Waals surface area contributed by atoms with E-state index in [0.29, 0.717) is 10.9 Å². The maximum absolute atomic E-state index is 12.0. The number of anilines is 1. The molecule has 6 nitrogen and oxygen atoms in total. The van der Waals surface area contributed by atoms with Gasteiger partial charge in [-0.15, -0.1) is 10.2 Å². The first-order valence-electron chi connectivity index (χ1n) is 7.56. The highest BCUT2D eigenvalue weighted by atomic mass is 32.1. The minimum atomic E-state index is -0.251. The average Bonchev–Trinajstić information content (AvgIpc) is 3.14. The van der Waals surface area contributed by atoms with E-state index in [1.54, 1.807) is 0 Å². The number of carbonyl (C=O) groups excluding carboxylic acids is 1. The normalized spacial score (nSPS) is 17.2. The SMILES string of the molecule is Cc1cc(C)cc(OCC(=O)Nc2nnc(C3CCCO3)s2)c1. The molecule has 0 spiro atoms. The molecule has 0 radical (unpaired) electrons. The highest BCUT2D eigenvalue weighted by molar-refractivity contribution is 7.15. The Balaban J connectivity index is 1.53. The van der Waals surface area contributed by atoms with Gasteiger partial charge in [0.25, 0.3) is 5.91 Å². The van der Waals surface area contributed by atoms with E-state index in [4.69, 9.17) is 9.47 Å². The molecule has 1 N–H and O–H groups in total. The molecule has 0 bridgehead atoms. The zero-order valence-electron chi connectivity index (χ0n) is 13.2. The Bertz CT molecular complexity index is 675. The maximum Gasteiger partial charge on any atom is 0.264 e. The Morgan fingerprint density at radius 3 is 2.83 bits per heavy atom. The summed E-state index contributed by atoms with van der Waals surface area (Å²) in [5, 5.41) is 12.1. The summed E-state index contributed by atoms with van der Waals surface area (Å²) in [4.78, 5) is 12.0. The largest absolute Gasteiger partial charge is 0.484 e. The first kappa shape index (κ1) is 15.9. The van der Waals surface area contributed by atoms with Gasteiger partial charge in [0.15, 0.2) is 6.61 Å². The van der Waals surface area contributed by atoms with E-state index in [2.05, 4.69) is 21.6 Å². The van der Waals surface area contributed by atoms with Gasteiger partial charge < -0.3 is 9.47 Å². The Morgan fingerprint density at radius 1 is 1.35 bits per heavy atom. The fourth-order valence-electron chi connectivity index (χ4n) is 2.51. The standard InChI is InChI=1S/C16H19N3O3S/c1-10-6-11(2)8-12(7-10)22-9-14(20)17-16-19-18-15(23-16)13-4-3-5-21-13/h6-8,13H,3-5,9H2,1-2H3,(H,17,19,20). The molecule has 1 aliphatic heterocycles. The molecule has 1 amide bonds. The van der Waals surface area contributed by atoms with E-state index in [-0.39, 0.29) is 18.6 Å². The molecule has 7 heteroatoms. The van der Waals surface area contributed by atoms with E-state index in [1.807, 2.05) is 26.0 Å². The summed E-state index contributed by atoms with van der Waals surface area (Å²) in [6.07, 6.45) is 2.01. The lowest BCUT2D eigenvalue weighted by Crippen LogP contribution is -2.20. The molecule has 1 unspecified atom stereocenters. The van der Waals surface area contributed by atoms with Crippen LogP contribution in [0.25, 0.3) is 0 Å². The van der Waals surface area contributed by atoms with Gasteiger partial charge in [-0.2, -0.15) is 0 Å². The van der Waals surface area contributed by atoms with Gasteiger partial charge in [-0.05, 0) is 49.9 Å². The highest BCUT2D eigenvalue weighted by Gasteiger charge is 2.22. The fourth-order valence-corrected chi connectivity index (χ4v) is 3.35. The second-order valence-electron chi connectivity index (χ2n) is 5.61. The van der Waals surface area contributed by atoms with E-state index in [0.717, 1.165) is 35.6 Å². The summed E-state index contributed by atoms with van der Waals surface area (Å²) in [6, 6.07) is 5.86. The number of benzene rings is 1. The van der Waals surface area contributed by atoms with Gasteiger partial charge in [-0.3, -0.25) is 10.1 Å². The van der Waals surface area contributed by atoms with E-state index < -0.39 is 0 Å². The minimum Gasteiger partial charge on any atom is -0.484 e. The van der Waals surface area contributed by atoms with Crippen LogP contribution in [0.3, 0.4) is 0 Å². The van der Waals surface area contributed by atoms with Crippen molar-refractivity contribution in [2.45, 2.75) is 32.8 Å². The topological polar surface area (TPSA) is 73.3 Å². The zero-order chi connectivity index (χ0) is 16.2. The molecule has 0 saturated carbocycles. The zero-order valence-corrected chi connectivity index (χ0v) is 14.0. The second kappa shape index (κ2) is 7.06.